The summed E-state index contributed by atoms with van der Waals surface area (Å²) in [5.74, 6) is 0.737. The first-order chi connectivity index (χ1) is 13.6. The van der Waals surface area contributed by atoms with Crippen molar-refractivity contribution in [2.45, 2.75) is 30.2 Å². The summed E-state index contributed by atoms with van der Waals surface area (Å²) in [6.45, 7) is 2.75. The molecule has 3 rings (SSSR count). The average molecular weight is 413 g/mol. The molecule has 0 aliphatic heterocycles. The minimum atomic E-state index is -0.204. The number of benzene rings is 2. The van der Waals surface area contributed by atoms with E-state index >= 15 is 0 Å². The van der Waals surface area contributed by atoms with Gasteiger partial charge < -0.3 is 10.1 Å². The van der Waals surface area contributed by atoms with Crippen LogP contribution in [0.5, 0.6) is 5.75 Å². The number of thioether (sulfide) groups is 1. The van der Waals surface area contributed by atoms with Crippen molar-refractivity contribution in [3.8, 4) is 5.75 Å². The summed E-state index contributed by atoms with van der Waals surface area (Å²) in [6, 6.07) is 20.9. The van der Waals surface area contributed by atoms with Crippen LogP contribution in [0.1, 0.15) is 18.2 Å². The second-order valence-corrected chi connectivity index (χ2v) is 8.04. The van der Waals surface area contributed by atoms with E-state index in [0.29, 0.717) is 18.2 Å². The summed E-state index contributed by atoms with van der Waals surface area (Å²) in [7, 11) is 0. The average Bonchev–Trinajstić information content (AvgIpc) is 2.73. The van der Waals surface area contributed by atoms with Crippen LogP contribution in [0.2, 0.25) is 5.02 Å². The third-order valence-electron chi connectivity index (χ3n) is 3.97. The molecule has 6 heteroatoms. The van der Waals surface area contributed by atoms with Crippen LogP contribution in [0.25, 0.3) is 0 Å². The number of amides is 1. The first-order valence-electron chi connectivity index (χ1n) is 8.92. The van der Waals surface area contributed by atoms with Crippen molar-refractivity contribution in [2.24, 2.45) is 0 Å². The fourth-order valence-electron chi connectivity index (χ4n) is 2.49. The Hall–Kier alpha value is -2.50. The second kappa shape index (κ2) is 10.2. The van der Waals surface area contributed by atoms with Crippen LogP contribution in [-0.2, 0) is 17.9 Å². The molecular weight excluding hydrogens is 392 g/mol. The molecule has 1 amide bonds. The Morgan fingerprint density at radius 1 is 1.14 bits per heavy atom. The minimum absolute atomic E-state index is 0.0141. The van der Waals surface area contributed by atoms with Gasteiger partial charge in [-0.3, -0.25) is 9.78 Å². The van der Waals surface area contributed by atoms with E-state index in [9.17, 15) is 4.79 Å². The topological polar surface area (TPSA) is 51.2 Å². The van der Waals surface area contributed by atoms with Crippen molar-refractivity contribution in [3.05, 3.63) is 89.2 Å². The molecule has 0 radical (unpaired) electrons. The van der Waals surface area contributed by atoms with Crippen LogP contribution in [0.3, 0.4) is 0 Å². The lowest BCUT2D eigenvalue weighted by Gasteiger charge is -2.13. The molecule has 0 spiro atoms. The lowest BCUT2D eigenvalue weighted by atomic mass is 10.2. The molecule has 1 unspecified atom stereocenters. The molecule has 0 saturated carbocycles. The highest BCUT2D eigenvalue weighted by atomic mass is 35.5. The maximum atomic E-state index is 12.4. The predicted molar refractivity (Wildman–Crippen MR) is 114 cm³/mol. The molecule has 3 aromatic rings. The number of aromatic nitrogens is 1. The number of halogens is 1. The number of ether oxygens (including phenoxy) is 1. The summed E-state index contributed by atoms with van der Waals surface area (Å²) in [5, 5.41) is 3.46. The van der Waals surface area contributed by atoms with Gasteiger partial charge in [0.15, 0.2) is 0 Å². The number of hydrogen-bond acceptors (Lipinski definition) is 4. The summed E-state index contributed by atoms with van der Waals surface area (Å²) < 4.78 is 5.79. The largest absolute Gasteiger partial charge is 0.487 e. The number of carbonyl (C=O) groups excluding carboxylic acids is 1. The van der Waals surface area contributed by atoms with E-state index in [-0.39, 0.29) is 11.2 Å². The van der Waals surface area contributed by atoms with Crippen molar-refractivity contribution in [1.82, 2.24) is 10.3 Å². The van der Waals surface area contributed by atoms with Crippen molar-refractivity contribution in [1.29, 1.82) is 0 Å². The number of carbonyl (C=O) groups is 1. The van der Waals surface area contributed by atoms with Gasteiger partial charge >= 0.3 is 0 Å². The van der Waals surface area contributed by atoms with Crippen molar-refractivity contribution < 1.29 is 9.53 Å². The molecule has 0 fully saturated rings. The molecule has 0 aliphatic rings. The van der Waals surface area contributed by atoms with Gasteiger partial charge in [0.1, 0.15) is 12.4 Å². The predicted octanol–water partition coefficient (Wildman–Crippen LogP) is 5.11. The molecular formula is C22H21ClN2O2S. The van der Waals surface area contributed by atoms with E-state index in [1.54, 1.807) is 6.20 Å². The van der Waals surface area contributed by atoms with Gasteiger partial charge in [0.2, 0.25) is 5.91 Å². The zero-order valence-electron chi connectivity index (χ0n) is 15.5. The van der Waals surface area contributed by atoms with Gasteiger partial charge in [-0.25, -0.2) is 0 Å². The third-order valence-corrected chi connectivity index (χ3v) is 5.34. The van der Waals surface area contributed by atoms with Crippen molar-refractivity contribution in [3.63, 3.8) is 0 Å². The molecule has 1 aromatic heterocycles. The van der Waals surface area contributed by atoms with Gasteiger partial charge in [0, 0.05) is 22.7 Å². The first kappa shape index (κ1) is 20.2. The van der Waals surface area contributed by atoms with Gasteiger partial charge in [-0.2, -0.15) is 0 Å². The van der Waals surface area contributed by atoms with E-state index in [4.69, 9.17) is 16.3 Å². The summed E-state index contributed by atoms with van der Waals surface area (Å²) in [4.78, 5) is 17.6. The maximum Gasteiger partial charge on any atom is 0.233 e. The normalized spacial score (nSPS) is 11.6. The highest BCUT2D eigenvalue weighted by Gasteiger charge is 2.14. The SMILES string of the molecule is CC(Sc1ccc(Cl)cc1)C(=O)NCc1cccc(OCc2ccccn2)c1. The standard InChI is InChI=1S/C22H21ClN2O2S/c1-16(28-21-10-8-18(23)9-11-21)22(26)25-14-17-5-4-7-20(13-17)27-15-19-6-2-3-12-24-19/h2-13,16H,14-15H2,1H3,(H,25,26). The summed E-state index contributed by atoms with van der Waals surface area (Å²) in [6.07, 6.45) is 1.74. The molecule has 1 atom stereocenters. The van der Waals surface area contributed by atoms with E-state index in [1.807, 2.05) is 73.7 Å². The maximum absolute atomic E-state index is 12.4. The minimum Gasteiger partial charge on any atom is -0.487 e. The van der Waals surface area contributed by atoms with Crippen molar-refractivity contribution in [2.75, 3.05) is 0 Å². The Morgan fingerprint density at radius 2 is 1.96 bits per heavy atom. The van der Waals surface area contributed by atoms with Gasteiger partial charge in [-0.05, 0) is 61.0 Å². The number of nitrogens with one attached hydrogen (secondary N) is 1. The van der Waals surface area contributed by atoms with Crippen LogP contribution in [-0.4, -0.2) is 16.1 Å². The quantitative estimate of drug-likeness (QED) is 0.522. The lowest BCUT2D eigenvalue weighted by Crippen LogP contribution is -2.30. The highest BCUT2D eigenvalue weighted by molar-refractivity contribution is 8.00. The van der Waals surface area contributed by atoms with Crippen LogP contribution < -0.4 is 10.1 Å². The Labute approximate surface area is 174 Å². The molecule has 4 nitrogen and oxygen atoms in total. The molecule has 1 N–H and O–H groups in total. The Bertz CT molecular complexity index is 904. The number of pyridine rings is 1. The van der Waals surface area contributed by atoms with Crippen LogP contribution in [0, 0.1) is 0 Å². The van der Waals surface area contributed by atoms with E-state index in [2.05, 4.69) is 10.3 Å². The van der Waals surface area contributed by atoms with E-state index in [0.717, 1.165) is 21.9 Å². The second-order valence-electron chi connectivity index (χ2n) is 6.19. The van der Waals surface area contributed by atoms with Crippen LogP contribution >= 0.6 is 23.4 Å². The fraction of sp³-hybridized carbons (Fsp3) is 0.182. The smallest absolute Gasteiger partial charge is 0.233 e. The molecule has 28 heavy (non-hydrogen) atoms. The molecule has 0 bridgehead atoms. The Morgan fingerprint density at radius 3 is 2.71 bits per heavy atom. The number of nitrogens with zero attached hydrogens (tertiary/aromatic N) is 1. The van der Waals surface area contributed by atoms with Gasteiger partial charge in [-0.15, -0.1) is 11.8 Å². The summed E-state index contributed by atoms with van der Waals surface area (Å²) in [5.41, 5.74) is 1.85. The molecule has 144 valence electrons. The van der Waals surface area contributed by atoms with Gasteiger partial charge in [0.05, 0.1) is 10.9 Å². The third kappa shape index (κ3) is 6.29. The fourth-order valence-corrected chi connectivity index (χ4v) is 3.51. The molecule has 0 saturated heterocycles. The van der Waals surface area contributed by atoms with Gasteiger partial charge in [-0.1, -0.05) is 29.8 Å². The Balaban J connectivity index is 1.49. The van der Waals surface area contributed by atoms with E-state index in [1.165, 1.54) is 11.8 Å². The zero-order chi connectivity index (χ0) is 19.8. The molecule has 1 heterocycles. The monoisotopic (exact) mass is 412 g/mol. The van der Waals surface area contributed by atoms with E-state index < -0.39 is 0 Å². The first-order valence-corrected chi connectivity index (χ1v) is 10.2. The zero-order valence-corrected chi connectivity index (χ0v) is 17.0. The highest BCUT2D eigenvalue weighted by Crippen LogP contribution is 2.25. The van der Waals surface area contributed by atoms with Crippen LogP contribution in [0.4, 0.5) is 0 Å². The lowest BCUT2D eigenvalue weighted by molar-refractivity contribution is -0.120. The van der Waals surface area contributed by atoms with Crippen LogP contribution in [0.15, 0.2) is 77.8 Å². The number of hydrogen-bond donors (Lipinski definition) is 1. The van der Waals surface area contributed by atoms with Crippen molar-refractivity contribution >= 4 is 29.3 Å². The summed E-state index contributed by atoms with van der Waals surface area (Å²) >= 11 is 7.40. The van der Waals surface area contributed by atoms with Gasteiger partial charge in [0.25, 0.3) is 0 Å². The molecule has 0 aliphatic carbocycles. The molecule has 2 aromatic carbocycles. The number of rotatable bonds is 8. The Kier molecular flexibility index (Phi) is 7.34.